The molecule has 0 heterocycles. The summed E-state index contributed by atoms with van der Waals surface area (Å²) in [6.07, 6.45) is 0. The zero-order chi connectivity index (χ0) is 20.8. The van der Waals surface area contributed by atoms with E-state index in [1.54, 1.807) is 54.6 Å². The third-order valence-corrected chi connectivity index (χ3v) is 5.10. The van der Waals surface area contributed by atoms with Crippen LogP contribution in [0.2, 0.25) is 0 Å². The van der Waals surface area contributed by atoms with Crippen molar-refractivity contribution in [3.63, 3.8) is 0 Å². The molecule has 0 saturated heterocycles. The van der Waals surface area contributed by atoms with E-state index in [2.05, 4.69) is 4.72 Å². The van der Waals surface area contributed by atoms with E-state index in [0.717, 1.165) is 0 Å². The second-order valence-electron chi connectivity index (χ2n) is 5.96. The van der Waals surface area contributed by atoms with E-state index in [0.29, 0.717) is 11.4 Å². The number of hydrogen-bond acceptors (Lipinski definition) is 5. The fourth-order valence-electron chi connectivity index (χ4n) is 2.72. The number of para-hydroxylation sites is 2. The average molecular weight is 411 g/mol. The second-order valence-corrected chi connectivity index (χ2v) is 7.17. The number of carbonyl (C=O) groups is 1. The lowest BCUT2D eigenvalue weighted by atomic mass is 10.2. The van der Waals surface area contributed by atoms with Gasteiger partial charge < -0.3 is 14.7 Å². The van der Waals surface area contributed by atoms with Gasteiger partial charge in [-0.05, 0) is 36.4 Å². The molecule has 3 rings (SSSR count). The Bertz CT molecular complexity index is 1040. The Kier molecular flexibility index (Phi) is 6.20. The molecule has 9 heteroatoms. The molecule has 3 aromatic rings. The molecule has 1 atom stereocenters. The summed E-state index contributed by atoms with van der Waals surface area (Å²) in [6, 6.07) is 21.4. The highest BCUT2D eigenvalue weighted by molar-refractivity contribution is 7.86. The van der Waals surface area contributed by atoms with E-state index in [1.807, 2.05) is 6.07 Å². The van der Waals surface area contributed by atoms with Gasteiger partial charge in [-0.2, -0.15) is 0 Å². The highest BCUT2D eigenvalue weighted by Gasteiger charge is 2.24. The van der Waals surface area contributed by atoms with Crippen molar-refractivity contribution in [3.8, 4) is 0 Å². The lowest BCUT2D eigenvalue weighted by Gasteiger charge is -2.23. The molecule has 0 fully saturated rings. The Morgan fingerprint density at radius 2 is 1.66 bits per heavy atom. The van der Waals surface area contributed by atoms with E-state index in [1.165, 1.54) is 23.1 Å². The van der Waals surface area contributed by atoms with Crippen molar-refractivity contribution >= 4 is 39.7 Å². The summed E-state index contributed by atoms with van der Waals surface area (Å²) < 4.78 is 15.4. The predicted molar refractivity (Wildman–Crippen MR) is 111 cm³/mol. The molecule has 29 heavy (non-hydrogen) atoms. The largest absolute Gasteiger partial charge is 0.480 e. The van der Waals surface area contributed by atoms with Crippen LogP contribution in [0.25, 0.3) is 0 Å². The molecule has 0 aliphatic carbocycles. The van der Waals surface area contributed by atoms with Crippen LogP contribution in [0.1, 0.15) is 0 Å². The first kappa shape index (κ1) is 20.0. The van der Waals surface area contributed by atoms with Crippen molar-refractivity contribution in [3.05, 3.63) is 89.0 Å². The molecule has 1 unspecified atom stereocenters. The Morgan fingerprint density at radius 3 is 2.24 bits per heavy atom. The molecule has 0 spiro atoms. The summed E-state index contributed by atoms with van der Waals surface area (Å²) in [7, 11) is -1.73. The zero-order valence-corrected chi connectivity index (χ0v) is 15.9. The Hall–Kier alpha value is -3.72. The van der Waals surface area contributed by atoms with Gasteiger partial charge >= 0.3 is 5.97 Å². The van der Waals surface area contributed by atoms with Gasteiger partial charge in [0.15, 0.2) is 11.0 Å². The number of nitrogens with zero attached hydrogens (tertiary/aromatic N) is 2. The third kappa shape index (κ3) is 4.96. The van der Waals surface area contributed by atoms with E-state index < -0.39 is 28.4 Å². The maximum atomic E-state index is 12.6. The van der Waals surface area contributed by atoms with Crippen molar-refractivity contribution in [1.29, 1.82) is 0 Å². The fraction of sp³-hybridized carbons (Fsp3) is 0.0500. The summed E-state index contributed by atoms with van der Waals surface area (Å²) in [5.74, 6) is -1.14. The van der Waals surface area contributed by atoms with Gasteiger partial charge in [-0.1, -0.05) is 36.4 Å². The molecule has 148 valence electrons. The second kappa shape index (κ2) is 8.98. The van der Waals surface area contributed by atoms with Crippen molar-refractivity contribution in [2.45, 2.75) is 4.90 Å². The van der Waals surface area contributed by atoms with Gasteiger partial charge in [0.25, 0.3) is 5.69 Å². The molecule has 0 amide bonds. The number of hydrogen-bond donors (Lipinski definition) is 2. The van der Waals surface area contributed by atoms with Crippen LogP contribution < -0.4 is 9.62 Å². The van der Waals surface area contributed by atoms with Crippen molar-refractivity contribution in [2.24, 2.45) is 0 Å². The number of carboxylic acids is 1. The third-order valence-electron chi connectivity index (χ3n) is 3.99. The number of nitro groups is 1. The van der Waals surface area contributed by atoms with Crippen LogP contribution in [0.4, 0.5) is 22.7 Å². The maximum absolute atomic E-state index is 12.6. The first-order valence-electron chi connectivity index (χ1n) is 8.52. The summed E-state index contributed by atoms with van der Waals surface area (Å²) >= 11 is 0. The van der Waals surface area contributed by atoms with E-state index >= 15 is 0 Å². The SMILES string of the molecule is O=C(O)CN(c1ccccc1)c1ccc(S(=O)Nc2ccccc2)cc1[N+](=O)[O-]. The molecular weight excluding hydrogens is 394 g/mol. The topological polar surface area (TPSA) is 113 Å². The molecule has 3 aromatic carbocycles. The number of anilines is 3. The summed E-state index contributed by atoms with van der Waals surface area (Å²) in [5.41, 5.74) is 0.864. The van der Waals surface area contributed by atoms with Crippen LogP contribution in [0.5, 0.6) is 0 Å². The first-order valence-corrected chi connectivity index (χ1v) is 9.67. The molecular formula is C20H17N3O5S. The van der Waals surface area contributed by atoms with Gasteiger partial charge in [0.2, 0.25) is 0 Å². The van der Waals surface area contributed by atoms with Gasteiger partial charge in [-0.3, -0.25) is 14.9 Å². The van der Waals surface area contributed by atoms with E-state index in [9.17, 15) is 24.2 Å². The highest BCUT2D eigenvalue weighted by atomic mass is 32.2. The fourth-order valence-corrected chi connectivity index (χ4v) is 3.60. The predicted octanol–water partition coefficient (Wildman–Crippen LogP) is 3.95. The molecule has 0 aliphatic heterocycles. The van der Waals surface area contributed by atoms with Crippen LogP contribution in [-0.2, 0) is 15.8 Å². The number of benzene rings is 3. The standard InChI is InChI=1S/C20H17N3O5S/c24-20(25)14-22(16-9-5-2-6-10-16)18-12-11-17(13-19(18)23(26)27)29(28)21-15-7-3-1-4-8-15/h1-13,21H,14H2,(H,24,25). The van der Waals surface area contributed by atoms with Crippen molar-refractivity contribution < 1.29 is 19.0 Å². The summed E-state index contributed by atoms with van der Waals surface area (Å²) in [6.45, 7) is -0.463. The lowest BCUT2D eigenvalue weighted by molar-refractivity contribution is -0.384. The summed E-state index contributed by atoms with van der Waals surface area (Å²) in [4.78, 5) is 24.0. The first-order chi connectivity index (χ1) is 14.0. The molecule has 0 bridgehead atoms. The Balaban J connectivity index is 1.99. The highest BCUT2D eigenvalue weighted by Crippen LogP contribution is 2.35. The van der Waals surface area contributed by atoms with Gasteiger partial charge in [0.05, 0.1) is 9.82 Å². The van der Waals surface area contributed by atoms with Gasteiger partial charge in [0, 0.05) is 17.4 Å². The van der Waals surface area contributed by atoms with Gasteiger partial charge in [-0.25, -0.2) is 4.21 Å². The molecule has 2 N–H and O–H groups in total. The Morgan fingerprint density at radius 1 is 1.03 bits per heavy atom. The normalized spacial score (nSPS) is 11.4. The van der Waals surface area contributed by atoms with E-state index in [4.69, 9.17) is 0 Å². The van der Waals surface area contributed by atoms with Crippen LogP contribution in [-0.4, -0.2) is 26.8 Å². The maximum Gasteiger partial charge on any atom is 0.323 e. The van der Waals surface area contributed by atoms with Gasteiger partial charge in [-0.15, -0.1) is 0 Å². The van der Waals surface area contributed by atoms with Crippen LogP contribution >= 0.6 is 0 Å². The van der Waals surface area contributed by atoms with Crippen molar-refractivity contribution in [2.75, 3.05) is 16.2 Å². The minimum atomic E-state index is -1.73. The minimum Gasteiger partial charge on any atom is -0.480 e. The van der Waals surface area contributed by atoms with E-state index in [-0.39, 0.29) is 16.3 Å². The van der Waals surface area contributed by atoms with Crippen LogP contribution in [0.3, 0.4) is 0 Å². The minimum absolute atomic E-state index is 0.101. The number of carboxylic acid groups (broad SMARTS) is 1. The molecule has 8 nitrogen and oxygen atoms in total. The summed E-state index contributed by atoms with van der Waals surface area (Å²) in [5, 5.41) is 21.0. The number of nitrogens with one attached hydrogen (secondary N) is 1. The van der Waals surface area contributed by atoms with Crippen LogP contribution in [0, 0.1) is 10.1 Å². The smallest absolute Gasteiger partial charge is 0.323 e. The average Bonchev–Trinajstić information content (AvgIpc) is 2.73. The number of aliphatic carboxylic acids is 1. The van der Waals surface area contributed by atoms with Crippen LogP contribution in [0.15, 0.2) is 83.8 Å². The molecule has 0 aliphatic rings. The lowest BCUT2D eigenvalue weighted by Crippen LogP contribution is -2.25. The number of rotatable bonds is 8. The van der Waals surface area contributed by atoms with Gasteiger partial charge in [0.1, 0.15) is 12.2 Å². The quantitative estimate of drug-likeness (QED) is 0.429. The molecule has 0 radical (unpaired) electrons. The zero-order valence-electron chi connectivity index (χ0n) is 15.1. The van der Waals surface area contributed by atoms with Crippen molar-refractivity contribution in [1.82, 2.24) is 0 Å². The number of nitro benzene ring substituents is 1. The molecule has 0 saturated carbocycles. The molecule has 0 aromatic heterocycles. The Labute approximate surface area is 169 Å². The monoisotopic (exact) mass is 411 g/mol.